The summed E-state index contributed by atoms with van der Waals surface area (Å²) in [5.74, 6) is 0.616. The molecule has 11 nitrogen and oxygen atoms in total. The van der Waals surface area contributed by atoms with Crippen LogP contribution in [0.5, 0.6) is 6.01 Å². The Bertz CT molecular complexity index is 1500. The number of hydrogen-bond donors (Lipinski definition) is 1. The maximum absolute atomic E-state index is 12.5. The van der Waals surface area contributed by atoms with Crippen LogP contribution < -0.4 is 9.64 Å². The first-order chi connectivity index (χ1) is 20.0. The van der Waals surface area contributed by atoms with Crippen molar-refractivity contribution in [2.45, 2.75) is 51.0 Å². The van der Waals surface area contributed by atoms with Crippen molar-refractivity contribution in [3.05, 3.63) is 64.8 Å². The van der Waals surface area contributed by atoms with E-state index in [-0.39, 0.29) is 24.6 Å². The van der Waals surface area contributed by atoms with Crippen LogP contribution >= 0.6 is 0 Å². The molecule has 0 spiro atoms. The summed E-state index contributed by atoms with van der Waals surface area (Å²) in [6, 6.07) is 4.58. The largest absolute Gasteiger partial charge is 0.462 e. The molecule has 2 saturated heterocycles. The number of nitrogens with one attached hydrogen (secondary N) is 1. The van der Waals surface area contributed by atoms with Crippen molar-refractivity contribution in [3.63, 3.8) is 0 Å². The number of nitrogens with zero attached hydrogens (tertiary/aromatic N) is 7. The van der Waals surface area contributed by atoms with E-state index < -0.39 is 0 Å². The Morgan fingerprint density at radius 2 is 2.17 bits per heavy atom. The summed E-state index contributed by atoms with van der Waals surface area (Å²) >= 11 is 0. The van der Waals surface area contributed by atoms with Gasteiger partial charge in [-0.1, -0.05) is 12.6 Å². The molecule has 11 heteroatoms. The highest BCUT2D eigenvalue weighted by atomic mass is 16.5. The maximum Gasteiger partial charge on any atom is 0.318 e. The van der Waals surface area contributed by atoms with Crippen molar-refractivity contribution in [2.24, 2.45) is 0 Å². The highest BCUT2D eigenvalue weighted by molar-refractivity contribution is 5.87. The van der Waals surface area contributed by atoms with E-state index >= 15 is 0 Å². The van der Waals surface area contributed by atoms with Crippen molar-refractivity contribution in [3.8, 4) is 6.01 Å². The van der Waals surface area contributed by atoms with Crippen LogP contribution in [0.15, 0.2) is 31.0 Å². The minimum absolute atomic E-state index is 0.150. The predicted molar refractivity (Wildman–Crippen MR) is 155 cm³/mol. The second kappa shape index (κ2) is 11.5. The van der Waals surface area contributed by atoms with E-state index in [9.17, 15) is 4.79 Å². The molecule has 3 atom stereocenters. The third kappa shape index (κ3) is 5.25. The zero-order chi connectivity index (χ0) is 28.5. The normalized spacial score (nSPS) is 22.9. The molecule has 1 unspecified atom stereocenters. The number of rotatable bonds is 7. The van der Waals surface area contributed by atoms with Gasteiger partial charge in [-0.15, -0.1) is 0 Å². The van der Waals surface area contributed by atoms with Crippen LogP contribution in [0.1, 0.15) is 41.3 Å². The van der Waals surface area contributed by atoms with Crippen molar-refractivity contribution < 1.29 is 14.3 Å². The number of benzene rings is 1. The maximum atomic E-state index is 12.5. The third-order valence-corrected chi connectivity index (χ3v) is 8.68. The van der Waals surface area contributed by atoms with Gasteiger partial charge < -0.3 is 29.0 Å². The Kier molecular flexibility index (Phi) is 7.60. The molecule has 3 aliphatic heterocycles. The third-order valence-electron chi connectivity index (χ3n) is 8.68. The molecule has 214 valence electrons. The van der Waals surface area contributed by atoms with Gasteiger partial charge >= 0.3 is 6.01 Å². The standard InChI is InChI=1S/C30H36N8O3/c1-5-27(39)38-12-11-37(16-21(38)14-31-3)29-23-18-40-26(28-19(2)8-9-24-22(28)15-32-35-24)13-25(23)33-30(34-29)41-17-20-7-6-10-36(20)4/h5,8-9,15,20-21,26H,1,6-7,10-14,16-18H2,2,4H3,(H,32,35)/t20-,21-,26?/m0/s1. The number of hydrogen-bond acceptors (Lipinski definition) is 8. The van der Waals surface area contributed by atoms with Crippen molar-refractivity contribution in [2.75, 3.05) is 51.3 Å². The molecule has 1 N–H and O–H groups in total. The number of likely N-dealkylation sites (N-methyl/N-ethyl adjacent to an activating group) is 1. The molecule has 2 fully saturated rings. The van der Waals surface area contributed by atoms with Crippen LogP contribution in [0.25, 0.3) is 15.7 Å². The number of H-pyrrole nitrogens is 1. The molecule has 41 heavy (non-hydrogen) atoms. The van der Waals surface area contributed by atoms with Crippen LogP contribution in [0.3, 0.4) is 0 Å². The number of carbonyl (C=O) groups is 1. The number of aromatic nitrogens is 4. The minimum Gasteiger partial charge on any atom is -0.462 e. The number of fused-ring (bicyclic) bond motifs is 2. The Balaban J connectivity index is 1.34. The van der Waals surface area contributed by atoms with Crippen LogP contribution in [0.4, 0.5) is 5.82 Å². The molecule has 2 aromatic heterocycles. The fourth-order valence-corrected chi connectivity index (χ4v) is 6.39. The number of aromatic amines is 1. The van der Waals surface area contributed by atoms with Gasteiger partial charge in [0.1, 0.15) is 18.5 Å². The van der Waals surface area contributed by atoms with Gasteiger partial charge in [-0.2, -0.15) is 15.1 Å². The molecule has 1 aromatic carbocycles. The van der Waals surface area contributed by atoms with Gasteiger partial charge in [0.15, 0.2) is 0 Å². The molecule has 0 radical (unpaired) electrons. The molecular weight excluding hydrogens is 520 g/mol. The summed E-state index contributed by atoms with van der Waals surface area (Å²) in [6.45, 7) is 16.9. The average molecular weight is 557 g/mol. The number of ether oxygens (including phenoxy) is 2. The zero-order valence-corrected chi connectivity index (χ0v) is 23.7. The van der Waals surface area contributed by atoms with Gasteiger partial charge in [0.25, 0.3) is 0 Å². The van der Waals surface area contributed by atoms with Crippen molar-refractivity contribution >= 4 is 22.6 Å². The number of piperazine rings is 1. The predicted octanol–water partition coefficient (Wildman–Crippen LogP) is 3.07. The van der Waals surface area contributed by atoms with E-state index in [4.69, 9.17) is 26.0 Å². The summed E-state index contributed by atoms with van der Waals surface area (Å²) in [5.41, 5.74) is 5.09. The van der Waals surface area contributed by atoms with E-state index in [1.54, 1.807) is 4.90 Å². The first-order valence-electron chi connectivity index (χ1n) is 14.2. The van der Waals surface area contributed by atoms with Gasteiger partial charge in [0.2, 0.25) is 12.5 Å². The van der Waals surface area contributed by atoms with Crippen molar-refractivity contribution in [1.82, 2.24) is 30.0 Å². The molecule has 5 heterocycles. The van der Waals surface area contributed by atoms with E-state index in [0.717, 1.165) is 58.5 Å². The van der Waals surface area contributed by atoms with E-state index in [1.807, 2.05) is 12.3 Å². The Morgan fingerprint density at radius 3 is 2.95 bits per heavy atom. The average Bonchev–Trinajstić information content (AvgIpc) is 3.63. The monoisotopic (exact) mass is 556 g/mol. The quantitative estimate of drug-likeness (QED) is 0.350. The van der Waals surface area contributed by atoms with Crippen LogP contribution in [0, 0.1) is 13.5 Å². The first-order valence-corrected chi connectivity index (χ1v) is 14.2. The first kappa shape index (κ1) is 27.2. The summed E-state index contributed by atoms with van der Waals surface area (Å²) in [4.78, 5) is 32.2. The highest BCUT2D eigenvalue weighted by Crippen LogP contribution is 2.39. The van der Waals surface area contributed by atoms with Gasteiger partial charge in [0, 0.05) is 43.0 Å². The summed E-state index contributed by atoms with van der Waals surface area (Å²) in [5, 5.41) is 8.38. The second-order valence-electron chi connectivity index (χ2n) is 11.2. The molecule has 0 saturated carbocycles. The Labute approximate surface area is 240 Å². The lowest BCUT2D eigenvalue weighted by atomic mass is 9.93. The smallest absolute Gasteiger partial charge is 0.318 e. The van der Waals surface area contributed by atoms with E-state index in [2.05, 4.69) is 51.5 Å². The minimum atomic E-state index is -0.257. The van der Waals surface area contributed by atoms with Crippen LogP contribution in [0.2, 0.25) is 0 Å². The van der Waals surface area contributed by atoms with E-state index in [0.29, 0.717) is 51.3 Å². The molecule has 0 aliphatic carbocycles. The lowest BCUT2D eigenvalue weighted by Gasteiger charge is -2.40. The van der Waals surface area contributed by atoms with Crippen molar-refractivity contribution in [1.29, 1.82) is 0 Å². The number of likely N-dealkylation sites (tertiary alicyclic amines) is 1. The lowest BCUT2D eigenvalue weighted by Crippen LogP contribution is -2.56. The molecule has 3 aromatic rings. The summed E-state index contributed by atoms with van der Waals surface area (Å²) < 4.78 is 12.8. The SMILES string of the molecule is [C-]#[N+]C[C@H]1CN(c2nc(OC[C@@H]3CCCN3C)nc3c2COC(c2c(C)ccc4[nH]ncc24)C3)CCN1C(=O)C=C. The van der Waals surface area contributed by atoms with E-state index in [1.165, 1.54) is 6.08 Å². The number of amides is 1. The fourth-order valence-electron chi connectivity index (χ4n) is 6.39. The summed E-state index contributed by atoms with van der Waals surface area (Å²) in [7, 11) is 2.13. The lowest BCUT2D eigenvalue weighted by molar-refractivity contribution is -0.128. The zero-order valence-electron chi connectivity index (χ0n) is 23.7. The summed E-state index contributed by atoms with van der Waals surface area (Å²) in [6.07, 6.45) is 5.83. The Hall–Kier alpha value is -4.01. The Morgan fingerprint density at radius 1 is 1.29 bits per heavy atom. The van der Waals surface area contributed by atoms with Gasteiger partial charge in [-0.05, 0) is 56.6 Å². The number of aryl methyl sites for hydroxylation is 1. The molecule has 6 rings (SSSR count). The van der Waals surface area contributed by atoms with Gasteiger partial charge in [-0.3, -0.25) is 9.89 Å². The van der Waals surface area contributed by atoms with Gasteiger partial charge in [0.05, 0.1) is 30.1 Å². The molecular formula is C30H36N8O3. The van der Waals surface area contributed by atoms with Crippen LogP contribution in [-0.4, -0.2) is 94.3 Å². The van der Waals surface area contributed by atoms with Gasteiger partial charge in [-0.25, -0.2) is 6.57 Å². The van der Waals surface area contributed by atoms with Crippen LogP contribution in [-0.2, 0) is 22.6 Å². The molecule has 3 aliphatic rings. The highest BCUT2D eigenvalue weighted by Gasteiger charge is 2.36. The number of anilines is 1. The number of carbonyl (C=O) groups excluding carboxylic acids is 1. The fraction of sp³-hybridized carbons (Fsp3) is 0.500. The second-order valence-corrected chi connectivity index (χ2v) is 11.2. The molecule has 0 bridgehead atoms. The topological polar surface area (TPSA) is 104 Å². The molecule has 1 amide bonds.